The molecule has 1 aliphatic rings. The maximum absolute atomic E-state index is 6.30. The highest BCUT2D eigenvalue weighted by Gasteiger charge is 2.14. The lowest BCUT2D eigenvalue weighted by Crippen LogP contribution is -3.00. The van der Waals surface area contributed by atoms with Crippen molar-refractivity contribution >= 4 is 11.6 Å². The standard InChI is InChI=1S/C17H25ClN2O2.2ClH/c1-3-8-22-17-15(18)9-14(10-16(17)21-2)12-20-11-13-4-6-19-7-5-13;;/h3,9-10,13,19-20H,1,4-8,11-12H2,2H3;2*1H/p-2. The van der Waals surface area contributed by atoms with Crippen molar-refractivity contribution < 1.29 is 34.3 Å². The van der Waals surface area contributed by atoms with Gasteiger partial charge < -0.3 is 44.9 Å². The summed E-state index contributed by atoms with van der Waals surface area (Å²) in [7, 11) is 1.62. The van der Waals surface area contributed by atoms with Crippen LogP contribution in [0.2, 0.25) is 5.02 Å². The van der Waals surface area contributed by atoms with Crippen LogP contribution in [0, 0.1) is 5.92 Å². The molecular formula is C17H25Cl3N2O2-2. The van der Waals surface area contributed by atoms with Crippen molar-refractivity contribution in [2.45, 2.75) is 19.4 Å². The maximum Gasteiger partial charge on any atom is 0.180 e. The molecule has 2 rings (SSSR count). The lowest BCUT2D eigenvalue weighted by Gasteiger charge is -2.23. The fourth-order valence-electron chi connectivity index (χ4n) is 2.66. The van der Waals surface area contributed by atoms with Gasteiger partial charge in [-0.05, 0) is 56.1 Å². The van der Waals surface area contributed by atoms with Gasteiger partial charge in [0.05, 0.1) is 12.1 Å². The van der Waals surface area contributed by atoms with E-state index in [1.165, 1.54) is 12.8 Å². The van der Waals surface area contributed by atoms with E-state index in [-0.39, 0.29) is 24.8 Å². The molecule has 138 valence electrons. The summed E-state index contributed by atoms with van der Waals surface area (Å²) in [6.45, 7) is 8.12. The van der Waals surface area contributed by atoms with Crippen molar-refractivity contribution in [3.8, 4) is 11.5 Å². The van der Waals surface area contributed by atoms with Gasteiger partial charge in [-0.1, -0.05) is 24.3 Å². The SMILES string of the molecule is C=CCOc1c(Cl)cc(CNCC2CCNCC2)cc1OC.[Cl-].[Cl-]. The zero-order valence-electron chi connectivity index (χ0n) is 13.9. The van der Waals surface area contributed by atoms with Crippen LogP contribution in [-0.2, 0) is 6.54 Å². The van der Waals surface area contributed by atoms with Gasteiger partial charge in [0.1, 0.15) is 6.61 Å². The first kappa shape index (κ1) is 23.4. The lowest BCUT2D eigenvalue weighted by atomic mass is 9.98. The highest BCUT2D eigenvalue weighted by Crippen LogP contribution is 2.36. The summed E-state index contributed by atoms with van der Waals surface area (Å²) in [5, 5.41) is 7.47. The molecule has 0 bridgehead atoms. The number of hydrogen-bond donors (Lipinski definition) is 2. The summed E-state index contributed by atoms with van der Waals surface area (Å²) in [5.41, 5.74) is 1.10. The molecule has 7 heteroatoms. The van der Waals surface area contributed by atoms with E-state index in [0.717, 1.165) is 37.7 Å². The molecule has 1 fully saturated rings. The number of hydrogen-bond acceptors (Lipinski definition) is 4. The number of ether oxygens (including phenoxy) is 2. The fraction of sp³-hybridized carbons (Fsp3) is 0.529. The Bertz CT molecular complexity index is 495. The van der Waals surface area contributed by atoms with Crippen LogP contribution in [0.1, 0.15) is 18.4 Å². The van der Waals surface area contributed by atoms with Crippen LogP contribution in [0.4, 0.5) is 0 Å². The third kappa shape index (κ3) is 7.08. The van der Waals surface area contributed by atoms with E-state index in [2.05, 4.69) is 17.2 Å². The number of halogens is 3. The van der Waals surface area contributed by atoms with E-state index in [1.807, 2.05) is 12.1 Å². The van der Waals surface area contributed by atoms with Crippen molar-refractivity contribution in [3.05, 3.63) is 35.4 Å². The summed E-state index contributed by atoms with van der Waals surface area (Å²) in [6, 6.07) is 3.90. The third-order valence-corrected chi connectivity index (χ3v) is 4.14. The normalized spacial score (nSPS) is 14.2. The molecule has 1 aliphatic heterocycles. The van der Waals surface area contributed by atoms with Crippen LogP contribution in [0.15, 0.2) is 24.8 Å². The molecule has 0 aromatic heterocycles. The van der Waals surface area contributed by atoms with Gasteiger partial charge in [0.25, 0.3) is 0 Å². The summed E-state index contributed by atoms with van der Waals surface area (Å²) >= 11 is 6.30. The van der Waals surface area contributed by atoms with Crippen LogP contribution >= 0.6 is 11.6 Å². The van der Waals surface area contributed by atoms with Gasteiger partial charge in [-0.25, -0.2) is 0 Å². The van der Waals surface area contributed by atoms with Crippen LogP contribution < -0.4 is 44.9 Å². The molecule has 1 aromatic rings. The van der Waals surface area contributed by atoms with Gasteiger partial charge in [0, 0.05) is 6.54 Å². The molecule has 0 unspecified atom stereocenters. The van der Waals surface area contributed by atoms with E-state index < -0.39 is 0 Å². The summed E-state index contributed by atoms with van der Waals surface area (Å²) in [5.74, 6) is 1.99. The van der Waals surface area contributed by atoms with Crippen LogP contribution in [0.25, 0.3) is 0 Å². The van der Waals surface area contributed by atoms with Gasteiger partial charge >= 0.3 is 0 Å². The third-order valence-electron chi connectivity index (χ3n) is 3.86. The molecule has 1 saturated heterocycles. The minimum atomic E-state index is 0. The molecule has 24 heavy (non-hydrogen) atoms. The van der Waals surface area contributed by atoms with E-state index in [1.54, 1.807) is 13.2 Å². The Kier molecular flexibility index (Phi) is 12.3. The largest absolute Gasteiger partial charge is 1.00 e. The molecule has 2 N–H and O–H groups in total. The Morgan fingerprint density at radius 1 is 1.33 bits per heavy atom. The molecule has 0 aliphatic carbocycles. The summed E-state index contributed by atoms with van der Waals surface area (Å²) < 4.78 is 10.9. The van der Waals surface area contributed by atoms with Crippen molar-refractivity contribution in [2.75, 3.05) is 33.4 Å². The first-order valence-corrected chi connectivity index (χ1v) is 8.14. The number of methoxy groups -OCH3 is 1. The van der Waals surface area contributed by atoms with E-state index in [0.29, 0.717) is 23.1 Å². The number of rotatable bonds is 8. The van der Waals surface area contributed by atoms with Crippen LogP contribution in [0.3, 0.4) is 0 Å². The molecule has 1 aromatic carbocycles. The number of benzene rings is 1. The Labute approximate surface area is 162 Å². The minimum Gasteiger partial charge on any atom is -1.00 e. The fourth-order valence-corrected chi connectivity index (χ4v) is 2.95. The average molecular weight is 396 g/mol. The molecule has 0 spiro atoms. The van der Waals surface area contributed by atoms with Crippen molar-refractivity contribution in [1.29, 1.82) is 0 Å². The van der Waals surface area contributed by atoms with Crippen LogP contribution in [0.5, 0.6) is 11.5 Å². The number of nitrogens with one attached hydrogen (secondary N) is 2. The van der Waals surface area contributed by atoms with E-state index >= 15 is 0 Å². The van der Waals surface area contributed by atoms with Crippen LogP contribution in [-0.4, -0.2) is 33.4 Å². The predicted molar refractivity (Wildman–Crippen MR) is 91.0 cm³/mol. The van der Waals surface area contributed by atoms with Crippen molar-refractivity contribution in [2.24, 2.45) is 5.92 Å². The van der Waals surface area contributed by atoms with Gasteiger partial charge in [-0.3, -0.25) is 0 Å². The zero-order valence-corrected chi connectivity index (χ0v) is 16.2. The van der Waals surface area contributed by atoms with Gasteiger partial charge in [-0.2, -0.15) is 0 Å². The quantitative estimate of drug-likeness (QED) is 0.461. The summed E-state index contributed by atoms with van der Waals surface area (Å²) in [4.78, 5) is 0. The first-order chi connectivity index (χ1) is 10.7. The average Bonchev–Trinajstić information content (AvgIpc) is 2.54. The second kappa shape index (κ2) is 12.7. The topological polar surface area (TPSA) is 42.5 Å². The molecule has 0 amide bonds. The Balaban J connectivity index is 0.00000264. The summed E-state index contributed by atoms with van der Waals surface area (Å²) in [6.07, 6.45) is 4.17. The second-order valence-electron chi connectivity index (χ2n) is 5.53. The first-order valence-electron chi connectivity index (χ1n) is 7.76. The second-order valence-corrected chi connectivity index (χ2v) is 5.94. The lowest BCUT2D eigenvalue weighted by molar-refractivity contribution is -0.00100. The Hall–Kier alpha value is -0.650. The smallest absolute Gasteiger partial charge is 0.180 e. The van der Waals surface area contributed by atoms with E-state index in [9.17, 15) is 0 Å². The van der Waals surface area contributed by atoms with Gasteiger partial charge in [-0.15, -0.1) is 0 Å². The highest BCUT2D eigenvalue weighted by atomic mass is 35.5. The van der Waals surface area contributed by atoms with Crippen molar-refractivity contribution in [3.63, 3.8) is 0 Å². The Morgan fingerprint density at radius 2 is 2.04 bits per heavy atom. The van der Waals surface area contributed by atoms with Gasteiger partial charge in [0.2, 0.25) is 0 Å². The molecule has 4 nitrogen and oxygen atoms in total. The zero-order chi connectivity index (χ0) is 15.8. The van der Waals surface area contributed by atoms with E-state index in [4.69, 9.17) is 21.1 Å². The van der Waals surface area contributed by atoms with Gasteiger partial charge in [0.15, 0.2) is 11.5 Å². The molecule has 0 saturated carbocycles. The Morgan fingerprint density at radius 3 is 2.67 bits per heavy atom. The molecule has 1 heterocycles. The highest BCUT2D eigenvalue weighted by molar-refractivity contribution is 6.32. The minimum absolute atomic E-state index is 0. The molecule has 0 radical (unpaired) electrons. The number of piperidine rings is 1. The maximum atomic E-state index is 6.30. The van der Waals surface area contributed by atoms with Crippen molar-refractivity contribution in [1.82, 2.24) is 10.6 Å². The predicted octanol–water partition coefficient (Wildman–Crippen LogP) is -2.99. The molecular weight excluding hydrogens is 371 g/mol. The molecule has 0 atom stereocenters. The monoisotopic (exact) mass is 394 g/mol.